The van der Waals surface area contributed by atoms with Gasteiger partial charge in [-0.25, -0.2) is 0 Å². The van der Waals surface area contributed by atoms with Gasteiger partial charge in [0.05, 0.1) is 0 Å². The van der Waals surface area contributed by atoms with Gasteiger partial charge in [0.1, 0.15) is 12.4 Å². The third-order valence-electron chi connectivity index (χ3n) is 4.37. The molecule has 0 heterocycles. The average Bonchev–Trinajstić information content (AvgIpc) is 2.68. The molecule has 2 nitrogen and oxygen atoms in total. The second-order valence-electron chi connectivity index (χ2n) is 6.02. The van der Waals surface area contributed by atoms with E-state index in [0.29, 0.717) is 6.61 Å². The summed E-state index contributed by atoms with van der Waals surface area (Å²) in [6.45, 7) is 0.546. The summed E-state index contributed by atoms with van der Waals surface area (Å²) in [6.07, 6.45) is 0. The van der Waals surface area contributed by atoms with Crippen molar-refractivity contribution < 1.29 is 4.74 Å². The predicted molar refractivity (Wildman–Crippen MR) is 105 cm³/mol. The number of nitrogen functional groups attached to an aromatic ring is 1. The Morgan fingerprint density at radius 2 is 1.28 bits per heavy atom. The Hall–Kier alpha value is -3.26. The van der Waals surface area contributed by atoms with Crippen LogP contribution in [0.15, 0.2) is 91.0 Å². The highest BCUT2D eigenvalue weighted by atomic mass is 16.5. The van der Waals surface area contributed by atoms with Crippen LogP contribution in [-0.2, 0) is 6.61 Å². The molecule has 4 aromatic rings. The smallest absolute Gasteiger partial charge is 0.127 e. The molecule has 4 aromatic carbocycles. The molecule has 0 fully saturated rings. The molecule has 0 aliphatic carbocycles. The average molecular weight is 325 g/mol. The maximum Gasteiger partial charge on any atom is 0.127 e. The lowest BCUT2D eigenvalue weighted by atomic mass is 9.96. The molecule has 0 aromatic heterocycles. The van der Waals surface area contributed by atoms with Crippen molar-refractivity contribution in [2.75, 3.05) is 5.73 Å². The van der Waals surface area contributed by atoms with Gasteiger partial charge < -0.3 is 10.5 Å². The fourth-order valence-electron chi connectivity index (χ4n) is 3.11. The summed E-state index contributed by atoms with van der Waals surface area (Å²) in [5, 5.41) is 2.20. The Labute approximate surface area is 147 Å². The molecule has 0 radical (unpaired) electrons. The lowest BCUT2D eigenvalue weighted by molar-refractivity contribution is 0.307. The number of anilines is 1. The summed E-state index contributed by atoms with van der Waals surface area (Å²) < 4.78 is 6.13. The molecule has 0 unspecified atom stereocenters. The molecule has 0 atom stereocenters. The zero-order valence-corrected chi connectivity index (χ0v) is 13.9. The SMILES string of the molecule is Nc1ccc(-c2ccccc2OCc2ccccc2)c2ccccc12. The highest BCUT2D eigenvalue weighted by Gasteiger charge is 2.10. The molecule has 0 saturated heterocycles. The topological polar surface area (TPSA) is 35.2 Å². The van der Waals surface area contributed by atoms with Crippen LogP contribution in [0, 0.1) is 0 Å². The van der Waals surface area contributed by atoms with Crippen molar-refractivity contribution in [3.8, 4) is 16.9 Å². The van der Waals surface area contributed by atoms with Gasteiger partial charge >= 0.3 is 0 Å². The number of rotatable bonds is 4. The normalized spacial score (nSPS) is 10.7. The lowest BCUT2D eigenvalue weighted by Crippen LogP contribution is -1.97. The van der Waals surface area contributed by atoms with E-state index in [2.05, 4.69) is 36.4 Å². The number of hydrogen-bond donors (Lipinski definition) is 1. The van der Waals surface area contributed by atoms with E-state index in [-0.39, 0.29) is 0 Å². The van der Waals surface area contributed by atoms with Gasteiger partial charge in [-0.05, 0) is 28.6 Å². The monoisotopic (exact) mass is 325 g/mol. The van der Waals surface area contributed by atoms with Crippen LogP contribution in [0.25, 0.3) is 21.9 Å². The molecular weight excluding hydrogens is 306 g/mol. The summed E-state index contributed by atoms with van der Waals surface area (Å²) >= 11 is 0. The van der Waals surface area contributed by atoms with Crippen LogP contribution in [0.1, 0.15) is 5.56 Å². The van der Waals surface area contributed by atoms with Gasteiger partial charge in [-0.3, -0.25) is 0 Å². The summed E-state index contributed by atoms with van der Waals surface area (Å²) in [5.74, 6) is 0.876. The van der Waals surface area contributed by atoms with Crippen LogP contribution < -0.4 is 10.5 Å². The number of nitrogens with two attached hydrogens (primary N) is 1. The minimum Gasteiger partial charge on any atom is -0.488 e. The maximum atomic E-state index is 6.14. The van der Waals surface area contributed by atoms with Gasteiger partial charge in [0.15, 0.2) is 0 Å². The minimum absolute atomic E-state index is 0.546. The molecule has 0 aliphatic rings. The molecular formula is C23H19NO. The summed E-state index contributed by atoms with van der Waals surface area (Å²) in [5.41, 5.74) is 10.3. The number of ether oxygens (including phenoxy) is 1. The van der Waals surface area contributed by atoms with Gasteiger partial charge in [-0.15, -0.1) is 0 Å². The van der Waals surface area contributed by atoms with E-state index in [1.807, 2.05) is 54.6 Å². The van der Waals surface area contributed by atoms with Crippen LogP contribution >= 0.6 is 0 Å². The van der Waals surface area contributed by atoms with E-state index in [4.69, 9.17) is 10.5 Å². The van der Waals surface area contributed by atoms with Crippen molar-refractivity contribution >= 4 is 16.5 Å². The molecule has 25 heavy (non-hydrogen) atoms. The van der Waals surface area contributed by atoms with Crippen molar-refractivity contribution in [1.29, 1.82) is 0 Å². The highest BCUT2D eigenvalue weighted by molar-refractivity contribution is 6.03. The fourth-order valence-corrected chi connectivity index (χ4v) is 3.11. The standard InChI is InChI=1S/C23H19NO/c24-22-15-14-19(18-10-4-5-11-20(18)22)21-12-6-7-13-23(21)25-16-17-8-2-1-3-9-17/h1-15H,16,24H2. The zero-order chi connectivity index (χ0) is 17.1. The molecule has 0 bridgehead atoms. The van der Waals surface area contributed by atoms with E-state index in [0.717, 1.165) is 38.9 Å². The summed E-state index contributed by atoms with van der Waals surface area (Å²) in [7, 11) is 0. The molecule has 0 saturated carbocycles. The lowest BCUT2D eigenvalue weighted by Gasteiger charge is -2.14. The first-order valence-corrected chi connectivity index (χ1v) is 8.36. The minimum atomic E-state index is 0.546. The molecule has 0 amide bonds. The van der Waals surface area contributed by atoms with Crippen molar-refractivity contribution in [2.45, 2.75) is 6.61 Å². The van der Waals surface area contributed by atoms with E-state index in [1.165, 1.54) is 0 Å². The largest absolute Gasteiger partial charge is 0.488 e. The Morgan fingerprint density at radius 3 is 2.12 bits per heavy atom. The fraction of sp³-hybridized carbons (Fsp3) is 0.0435. The molecule has 2 N–H and O–H groups in total. The first-order chi connectivity index (χ1) is 12.3. The van der Waals surface area contributed by atoms with Gasteiger partial charge in [-0.1, -0.05) is 78.9 Å². The van der Waals surface area contributed by atoms with Gasteiger partial charge in [0, 0.05) is 16.6 Å². The van der Waals surface area contributed by atoms with Crippen LogP contribution in [0.5, 0.6) is 5.75 Å². The molecule has 0 spiro atoms. The second kappa shape index (κ2) is 6.70. The van der Waals surface area contributed by atoms with Crippen LogP contribution in [-0.4, -0.2) is 0 Å². The number of para-hydroxylation sites is 1. The number of benzene rings is 4. The Morgan fingerprint density at radius 1 is 0.600 bits per heavy atom. The van der Waals surface area contributed by atoms with E-state index in [9.17, 15) is 0 Å². The third kappa shape index (κ3) is 3.07. The first-order valence-electron chi connectivity index (χ1n) is 8.36. The van der Waals surface area contributed by atoms with Crippen LogP contribution in [0.2, 0.25) is 0 Å². The van der Waals surface area contributed by atoms with Gasteiger partial charge in [0.25, 0.3) is 0 Å². The molecule has 4 rings (SSSR count). The van der Waals surface area contributed by atoms with Crippen LogP contribution in [0.4, 0.5) is 5.69 Å². The second-order valence-corrected chi connectivity index (χ2v) is 6.02. The van der Waals surface area contributed by atoms with Crippen molar-refractivity contribution in [2.24, 2.45) is 0 Å². The van der Waals surface area contributed by atoms with Crippen molar-refractivity contribution in [1.82, 2.24) is 0 Å². The maximum absolute atomic E-state index is 6.14. The van der Waals surface area contributed by atoms with Crippen LogP contribution in [0.3, 0.4) is 0 Å². The summed E-state index contributed by atoms with van der Waals surface area (Å²) in [4.78, 5) is 0. The molecule has 0 aliphatic heterocycles. The van der Waals surface area contributed by atoms with Crippen molar-refractivity contribution in [3.63, 3.8) is 0 Å². The van der Waals surface area contributed by atoms with Gasteiger partial charge in [0.2, 0.25) is 0 Å². The highest BCUT2D eigenvalue weighted by Crippen LogP contribution is 2.37. The zero-order valence-electron chi connectivity index (χ0n) is 13.9. The van der Waals surface area contributed by atoms with Crippen molar-refractivity contribution in [3.05, 3.63) is 96.6 Å². The predicted octanol–water partition coefficient (Wildman–Crippen LogP) is 5.67. The van der Waals surface area contributed by atoms with E-state index in [1.54, 1.807) is 0 Å². The van der Waals surface area contributed by atoms with E-state index < -0.39 is 0 Å². The number of fused-ring (bicyclic) bond motifs is 1. The number of hydrogen-bond acceptors (Lipinski definition) is 2. The Balaban J connectivity index is 1.76. The summed E-state index contributed by atoms with van der Waals surface area (Å²) in [6, 6.07) is 30.6. The Bertz CT molecular complexity index is 1010. The molecule has 2 heteroatoms. The third-order valence-corrected chi connectivity index (χ3v) is 4.37. The quantitative estimate of drug-likeness (QED) is 0.491. The van der Waals surface area contributed by atoms with E-state index >= 15 is 0 Å². The van der Waals surface area contributed by atoms with Gasteiger partial charge in [-0.2, -0.15) is 0 Å². The first kappa shape index (κ1) is 15.3. The molecule has 122 valence electrons. The Kier molecular flexibility index (Phi) is 4.09.